The van der Waals surface area contributed by atoms with Crippen molar-refractivity contribution in [2.24, 2.45) is 17.6 Å². The first-order valence-electron chi connectivity index (χ1n) is 8.78. The lowest BCUT2D eigenvalue weighted by Gasteiger charge is -2.39. The summed E-state index contributed by atoms with van der Waals surface area (Å²) in [4.78, 5) is 0. The fraction of sp³-hybridized carbons (Fsp3) is 0.684. The van der Waals surface area contributed by atoms with Crippen LogP contribution in [0.2, 0.25) is 0 Å². The zero-order valence-corrected chi connectivity index (χ0v) is 13.8. The van der Waals surface area contributed by atoms with Gasteiger partial charge in [0.1, 0.15) is 11.5 Å². The molecule has 3 rings (SSSR count). The highest BCUT2D eigenvalue weighted by atomic mass is 16.5. The SMILES string of the molecule is CC(C)CCCc1cc(O)c2c(c1)OCC1CCC(N)CC21. The van der Waals surface area contributed by atoms with Gasteiger partial charge in [-0.25, -0.2) is 0 Å². The number of benzene rings is 1. The first-order valence-corrected chi connectivity index (χ1v) is 8.78. The smallest absolute Gasteiger partial charge is 0.126 e. The van der Waals surface area contributed by atoms with E-state index < -0.39 is 0 Å². The second-order valence-electron chi connectivity index (χ2n) is 7.56. The van der Waals surface area contributed by atoms with E-state index in [0.29, 0.717) is 17.6 Å². The Balaban J connectivity index is 1.79. The number of phenols is 1. The quantitative estimate of drug-likeness (QED) is 0.884. The highest BCUT2D eigenvalue weighted by Crippen LogP contribution is 2.48. The van der Waals surface area contributed by atoms with Crippen LogP contribution in [0.3, 0.4) is 0 Å². The molecule has 1 heterocycles. The van der Waals surface area contributed by atoms with Gasteiger partial charge in [-0.05, 0) is 61.6 Å². The zero-order valence-electron chi connectivity index (χ0n) is 13.8. The number of nitrogens with two attached hydrogens (primary N) is 1. The summed E-state index contributed by atoms with van der Waals surface area (Å²) in [6.07, 6.45) is 6.55. The van der Waals surface area contributed by atoms with E-state index in [1.54, 1.807) is 0 Å². The summed E-state index contributed by atoms with van der Waals surface area (Å²) >= 11 is 0. The molecule has 3 N–H and O–H groups in total. The lowest BCUT2D eigenvalue weighted by atomic mass is 9.72. The van der Waals surface area contributed by atoms with E-state index in [1.165, 1.54) is 12.0 Å². The van der Waals surface area contributed by atoms with Crippen LogP contribution in [0.15, 0.2) is 12.1 Å². The van der Waals surface area contributed by atoms with Crippen LogP contribution in [-0.4, -0.2) is 17.8 Å². The van der Waals surface area contributed by atoms with Crippen LogP contribution < -0.4 is 10.5 Å². The maximum Gasteiger partial charge on any atom is 0.126 e. The van der Waals surface area contributed by atoms with Crippen molar-refractivity contribution in [1.82, 2.24) is 0 Å². The van der Waals surface area contributed by atoms with Crippen molar-refractivity contribution >= 4 is 0 Å². The second kappa shape index (κ2) is 6.49. The van der Waals surface area contributed by atoms with Gasteiger partial charge >= 0.3 is 0 Å². The third-order valence-electron chi connectivity index (χ3n) is 5.28. The molecule has 1 aliphatic carbocycles. The van der Waals surface area contributed by atoms with Gasteiger partial charge < -0.3 is 15.6 Å². The molecule has 1 fully saturated rings. The molecule has 22 heavy (non-hydrogen) atoms. The van der Waals surface area contributed by atoms with Crippen molar-refractivity contribution < 1.29 is 9.84 Å². The molecular formula is C19H29NO2. The monoisotopic (exact) mass is 303 g/mol. The Kier molecular flexibility index (Phi) is 4.62. The van der Waals surface area contributed by atoms with E-state index in [9.17, 15) is 5.11 Å². The predicted molar refractivity (Wildman–Crippen MR) is 89.4 cm³/mol. The van der Waals surface area contributed by atoms with Gasteiger partial charge in [0.2, 0.25) is 0 Å². The molecule has 3 atom stereocenters. The molecule has 0 saturated heterocycles. The predicted octanol–water partition coefficient (Wildman–Crippen LogP) is 3.97. The molecule has 3 heteroatoms. The first-order chi connectivity index (χ1) is 10.5. The highest BCUT2D eigenvalue weighted by molar-refractivity contribution is 5.51. The minimum Gasteiger partial charge on any atom is -0.508 e. The Morgan fingerprint density at radius 1 is 1.32 bits per heavy atom. The number of rotatable bonds is 4. The lowest BCUT2D eigenvalue weighted by molar-refractivity contribution is 0.146. The molecule has 0 aromatic heterocycles. The van der Waals surface area contributed by atoms with Crippen molar-refractivity contribution in [3.05, 3.63) is 23.3 Å². The summed E-state index contributed by atoms with van der Waals surface area (Å²) in [5, 5.41) is 10.6. The molecule has 0 bridgehead atoms. The Morgan fingerprint density at radius 2 is 2.14 bits per heavy atom. The Hall–Kier alpha value is -1.22. The van der Waals surface area contributed by atoms with Crippen molar-refractivity contribution in [3.63, 3.8) is 0 Å². The van der Waals surface area contributed by atoms with E-state index in [0.717, 1.165) is 55.9 Å². The molecular weight excluding hydrogens is 274 g/mol. The van der Waals surface area contributed by atoms with Gasteiger partial charge in [-0.3, -0.25) is 0 Å². The number of ether oxygens (including phenoxy) is 1. The largest absolute Gasteiger partial charge is 0.508 e. The van der Waals surface area contributed by atoms with Gasteiger partial charge in [-0.2, -0.15) is 0 Å². The zero-order chi connectivity index (χ0) is 15.7. The van der Waals surface area contributed by atoms with Gasteiger partial charge in [0.05, 0.1) is 6.61 Å². The fourth-order valence-electron chi connectivity index (χ4n) is 4.03. The average Bonchev–Trinajstić information content (AvgIpc) is 2.46. The molecule has 1 aliphatic heterocycles. The molecule has 1 aromatic rings. The molecule has 2 aliphatic rings. The molecule has 0 radical (unpaired) electrons. The number of phenolic OH excluding ortho intramolecular Hbond substituents is 1. The topological polar surface area (TPSA) is 55.5 Å². The summed E-state index contributed by atoms with van der Waals surface area (Å²) in [6, 6.07) is 4.36. The van der Waals surface area contributed by atoms with Crippen LogP contribution >= 0.6 is 0 Å². The van der Waals surface area contributed by atoms with Crippen LogP contribution in [0.25, 0.3) is 0 Å². The highest BCUT2D eigenvalue weighted by Gasteiger charge is 2.37. The van der Waals surface area contributed by atoms with E-state index in [1.807, 2.05) is 6.07 Å². The van der Waals surface area contributed by atoms with Crippen molar-refractivity contribution in [1.29, 1.82) is 0 Å². The minimum absolute atomic E-state index is 0.261. The average molecular weight is 303 g/mol. The Morgan fingerprint density at radius 3 is 2.91 bits per heavy atom. The lowest BCUT2D eigenvalue weighted by Crippen LogP contribution is -2.37. The van der Waals surface area contributed by atoms with E-state index in [-0.39, 0.29) is 6.04 Å². The van der Waals surface area contributed by atoms with E-state index >= 15 is 0 Å². The van der Waals surface area contributed by atoms with Crippen molar-refractivity contribution in [2.75, 3.05) is 6.61 Å². The summed E-state index contributed by atoms with van der Waals surface area (Å²) in [5.41, 5.74) is 8.35. The number of aryl methyl sites for hydroxylation is 1. The molecule has 3 nitrogen and oxygen atoms in total. The van der Waals surface area contributed by atoms with Crippen LogP contribution in [0, 0.1) is 11.8 Å². The van der Waals surface area contributed by atoms with E-state index in [4.69, 9.17) is 10.5 Å². The van der Waals surface area contributed by atoms with Gasteiger partial charge in [0.15, 0.2) is 0 Å². The van der Waals surface area contributed by atoms with E-state index in [2.05, 4.69) is 19.9 Å². The maximum atomic E-state index is 10.6. The molecule has 1 aromatic carbocycles. The number of fused-ring (bicyclic) bond motifs is 3. The summed E-state index contributed by atoms with van der Waals surface area (Å²) < 4.78 is 5.98. The fourth-order valence-corrected chi connectivity index (χ4v) is 4.03. The van der Waals surface area contributed by atoms with Gasteiger partial charge in [0.25, 0.3) is 0 Å². The number of aromatic hydroxyl groups is 1. The molecule has 1 saturated carbocycles. The van der Waals surface area contributed by atoms with Crippen molar-refractivity contribution in [3.8, 4) is 11.5 Å². The van der Waals surface area contributed by atoms with Gasteiger partial charge in [-0.1, -0.05) is 20.3 Å². The second-order valence-corrected chi connectivity index (χ2v) is 7.56. The number of hydrogen-bond donors (Lipinski definition) is 2. The normalized spacial score (nSPS) is 27.2. The Labute approximate surface area is 133 Å². The summed E-state index contributed by atoms with van der Waals surface area (Å²) in [5.74, 6) is 2.94. The maximum absolute atomic E-state index is 10.6. The minimum atomic E-state index is 0.261. The molecule has 0 amide bonds. The van der Waals surface area contributed by atoms with Crippen LogP contribution in [-0.2, 0) is 6.42 Å². The van der Waals surface area contributed by atoms with Gasteiger partial charge in [0, 0.05) is 17.5 Å². The molecule has 0 spiro atoms. The van der Waals surface area contributed by atoms with Crippen LogP contribution in [0.1, 0.15) is 63.0 Å². The third-order valence-corrected chi connectivity index (χ3v) is 5.28. The van der Waals surface area contributed by atoms with Crippen molar-refractivity contribution in [2.45, 2.75) is 64.3 Å². The van der Waals surface area contributed by atoms with Crippen LogP contribution in [0.5, 0.6) is 11.5 Å². The number of hydrogen-bond acceptors (Lipinski definition) is 3. The molecule has 122 valence electrons. The van der Waals surface area contributed by atoms with Crippen LogP contribution in [0.4, 0.5) is 0 Å². The standard InChI is InChI=1S/C19H29NO2/c1-12(2)4-3-5-13-8-17(21)19-16-10-15(20)7-6-14(16)11-22-18(19)9-13/h8-9,12,14-16,21H,3-7,10-11,20H2,1-2H3. The summed E-state index contributed by atoms with van der Waals surface area (Å²) in [7, 11) is 0. The Bertz CT molecular complexity index is 526. The first kappa shape index (κ1) is 15.7. The van der Waals surface area contributed by atoms with Gasteiger partial charge in [-0.15, -0.1) is 0 Å². The summed E-state index contributed by atoms with van der Waals surface area (Å²) in [6.45, 7) is 5.28. The third kappa shape index (κ3) is 3.24. The molecule has 3 unspecified atom stereocenters.